The van der Waals surface area contributed by atoms with Crippen LogP contribution in [-0.4, -0.2) is 22.5 Å². The van der Waals surface area contributed by atoms with Crippen LogP contribution >= 0.6 is 15.9 Å². The average Bonchev–Trinajstić information content (AvgIpc) is 2.62. The second kappa shape index (κ2) is 3.31. The number of anilines is 1. The van der Waals surface area contributed by atoms with Crippen LogP contribution in [0.15, 0.2) is 10.7 Å². The van der Waals surface area contributed by atoms with Crippen LogP contribution in [0.4, 0.5) is 5.82 Å². The Morgan fingerprint density at radius 3 is 3.00 bits per heavy atom. The molecule has 5 heteroatoms. The van der Waals surface area contributed by atoms with Crippen molar-refractivity contribution in [3.8, 4) is 0 Å². The van der Waals surface area contributed by atoms with Gasteiger partial charge >= 0.3 is 0 Å². The SMILES string of the molecule is CC1CC(n2ncc(Br)c2N)CO1. The number of nitrogen functional groups attached to an aromatic ring is 1. The third-order valence-corrected chi connectivity index (χ3v) is 2.92. The minimum atomic E-state index is 0.293. The van der Waals surface area contributed by atoms with Gasteiger partial charge in [-0.15, -0.1) is 0 Å². The minimum Gasteiger partial charge on any atom is -0.383 e. The first kappa shape index (κ1) is 9.02. The summed E-state index contributed by atoms with van der Waals surface area (Å²) >= 11 is 3.33. The Kier molecular flexibility index (Phi) is 2.29. The summed E-state index contributed by atoms with van der Waals surface area (Å²) in [6.07, 6.45) is 3.02. The third-order valence-electron chi connectivity index (χ3n) is 2.31. The van der Waals surface area contributed by atoms with E-state index in [0.29, 0.717) is 24.6 Å². The highest BCUT2D eigenvalue weighted by atomic mass is 79.9. The molecule has 0 amide bonds. The molecule has 0 saturated carbocycles. The molecule has 1 aromatic rings. The molecule has 0 aromatic carbocycles. The molecule has 1 saturated heterocycles. The van der Waals surface area contributed by atoms with Crippen molar-refractivity contribution in [2.45, 2.75) is 25.5 Å². The Labute approximate surface area is 85.2 Å². The molecule has 2 rings (SSSR count). The zero-order valence-electron chi connectivity index (χ0n) is 7.40. The summed E-state index contributed by atoms with van der Waals surface area (Å²) < 4.78 is 8.13. The normalized spacial score (nSPS) is 28.2. The monoisotopic (exact) mass is 245 g/mol. The maximum absolute atomic E-state index is 5.83. The Balaban J connectivity index is 2.21. The quantitative estimate of drug-likeness (QED) is 0.818. The zero-order valence-corrected chi connectivity index (χ0v) is 8.99. The molecule has 2 heterocycles. The van der Waals surface area contributed by atoms with E-state index in [1.54, 1.807) is 6.20 Å². The topological polar surface area (TPSA) is 53.1 Å². The molecule has 2 atom stereocenters. The molecular formula is C8H12BrN3O. The van der Waals surface area contributed by atoms with Gasteiger partial charge in [0.15, 0.2) is 0 Å². The highest BCUT2D eigenvalue weighted by Crippen LogP contribution is 2.28. The Morgan fingerprint density at radius 1 is 1.77 bits per heavy atom. The summed E-state index contributed by atoms with van der Waals surface area (Å²) in [5, 5.41) is 4.20. The Morgan fingerprint density at radius 2 is 2.54 bits per heavy atom. The standard InChI is InChI=1S/C8H12BrN3O/c1-5-2-6(4-13-5)12-8(10)7(9)3-11-12/h3,5-6H,2,4,10H2,1H3. The second-order valence-corrected chi connectivity index (χ2v) is 4.21. The van der Waals surface area contributed by atoms with E-state index >= 15 is 0 Å². The summed E-state index contributed by atoms with van der Waals surface area (Å²) in [4.78, 5) is 0. The molecule has 0 radical (unpaired) electrons. The molecule has 0 aliphatic carbocycles. The van der Waals surface area contributed by atoms with Crippen molar-refractivity contribution >= 4 is 21.7 Å². The van der Waals surface area contributed by atoms with Gasteiger partial charge in [0, 0.05) is 0 Å². The molecule has 4 nitrogen and oxygen atoms in total. The van der Waals surface area contributed by atoms with E-state index in [1.165, 1.54) is 0 Å². The lowest BCUT2D eigenvalue weighted by atomic mass is 10.2. The number of rotatable bonds is 1. The lowest BCUT2D eigenvalue weighted by Crippen LogP contribution is -2.13. The number of nitrogens with two attached hydrogens (primary N) is 1. The number of aromatic nitrogens is 2. The van der Waals surface area contributed by atoms with Crippen LogP contribution in [0, 0.1) is 0 Å². The van der Waals surface area contributed by atoms with E-state index in [4.69, 9.17) is 10.5 Å². The molecule has 1 aliphatic heterocycles. The van der Waals surface area contributed by atoms with Gasteiger partial charge in [-0.25, -0.2) is 4.68 Å². The predicted octanol–water partition coefficient (Wildman–Crippen LogP) is 1.58. The van der Waals surface area contributed by atoms with Gasteiger partial charge in [0.05, 0.1) is 29.4 Å². The molecule has 0 bridgehead atoms. The molecule has 2 unspecified atom stereocenters. The van der Waals surface area contributed by atoms with Crippen LogP contribution in [0.25, 0.3) is 0 Å². The van der Waals surface area contributed by atoms with Crippen molar-refractivity contribution in [3.05, 3.63) is 10.7 Å². The van der Waals surface area contributed by atoms with Crippen LogP contribution in [0.5, 0.6) is 0 Å². The van der Waals surface area contributed by atoms with E-state index < -0.39 is 0 Å². The highest BCUT2D eigenvalue weighted by Gasteiger charge is 2.25. The van der Waals surface area contributed by atoms with Crippen LogP contribution < -0.4 is 5.73 Å². The number of halogens is 1. The summed E-state index contributed by atoms with van der Waals surface area (Å²) in [6.45, 7) is 2.77. The largest absolute Gasteiger partial charge is 0.383 e. The predicted molar refractivity (Wildman–Crippen MR) is 53.4 cm³/mol. The fraction of sp³-hybridized carbons (Fsp3) is 0.625. The molecule has 1 fully saturated rings. The molecule has 1 aromatic heterocycles. The lowest BCUT2D eigenvalue weighted by molar-refractivity contribution is 0.120. The summed E-state index contributed by atoms with van der Waals surface area (Å²) in [5.41, 5.74) is 5.83. The first-order valence-corrected chi connectivity index (χ1v) is 5.08. The molecule has 13 heavy (non-hydrogen) atoms. The van der Waals surface area contributed by atoms with Crippen LogP contribution in [0.3, 0.4) is 0 Å². The third kappa shape index (κ3) is 1.58. The summed E-state index contributed by atoms with van der Waals surface area (Å²) in [7, 11) is 0. The van der Waals surface area contributed by atoms with Crippen LogP contribution in [0.1, 0.15) is 19.4 Å². The van der Waals surface area contributed by atoms with Gasteiger partial charge in [-0.3, -0.25) is 0 Å². The van der Waals surface area contributed by atoms with Gasteiger partial charge in [-0.05, 0) is 29.3 Å². The van der Waals surface area contributed by atoms with Crippen molar-refractivity contribution < 1.29 is 4.74 Å². The van der Waals surface area contributed by atoms with Gasteiger partial charge in [0.1, 0.15) is 5.82 Å². The highest BCUT2D eigenvalue weighted by molar-refractivity contribution is 9.10. The molecular weight excluding hydrogens is 234 g/mol. The van der Waals surface area contributed by atoms with Crippen molar-refractivity contribution in [1.29, 1.82) is 0 Å². The van der Waals surface area contributed by atoms with Crippen LogP contribution in [0.2, 0.25) is 0 Å². The van der Waals surface area contributed by atoms with E-state index in [0.717, 1.165) is 10.9 Å². The average molecular weight is 246 g/mol. The molecule has 1 aliphatic rings. The Hall–Kier alpha value is -0.550. The number of hydrogen-bond donors (Lipinski definition) is 1. The smallest absolute Gasteiger partial charge is 0.136 e. The maximum Gasteiger partial charge on any atom is 0.136 e. The first-order valence-electron chi connectivity index (χ1n) is 4.28. The van der Waals surface area contributed by atoms with Crippen molar-refractivity contribution in [1.82, 2.24) is 9.78 Å². The van der Waals surface area contributed by atoms with Gasteiger partial charge in [-0.2, -0.15) is 5.10 Å². The minimum absolute atomic E-state index is 0.293. The fourth-order valence-electron chi connectivity index (χ4n) is 1.61. The number of nitrogens with zero attached hydrogens (tertiary/aromatic N) is 2. The zero-order chi connectivity index (χ0) is 9.42. The van der Waals surface area contributed by atoms with E-state index in [2.05, 4.69) is 28.0 Å². The second-order valence-electron chi connectivity index (χ2n) is 3.36. The van der Waals surface area contributed by atoms with Crippen molar-refractivity contribution in [2.24, 2.45) is 0 Å². The summed E-state index contributed by atoms with van der Waals surface area (Å²) in [6, 6.07) is 0.293. The molecule has 0 spiro atoms. The van der Waals surface area contributed by atoms with Crippen molar-refractivity contribution in [3.63, 3.8) is 0 Å². The van der Waals surface area contributed by atoms with E-state index in [9.17, 15) is 0 Å². The van der Waals surface area contributed by atoms with Gasteiger partial charge in [-0.1, -0.05) is 0 Å². The summed E-state index contributed by atoms with van der Waals surface area (Å²) in [5.74, 6) is 0.683. The maximum atomic E-state index is 5.83. The van der Waals surface area contributed by atoms with Gasteiger partial charge < -0.3 is 10.5 Å². The molecule has 2 N–H and O–H groups in total. The molecule has 72 valence electrons. The number of ether oxygens (including phenoxy) is 1. The Bertz CT molecular complexity index is 312. The van der Waals surface area contributed by atoms with E-state index in [-0.39, 0.29) is 0 Å². The van der Waals surface area contributed by atoms with Crippen molar-refractivity contribution in [2.75, 3.05) is 12.3 Å². The van der Waals surface area contributed by atoms with Gasteiger partial charge in [0.2, 0.25) is 0 Å². The first-order chi connectivity index (χ1) is 6.18. The van der Waals surface area contributed by atoms with E-state index in [1.807, 2.05) is 4.68 Å². The van der Waals surface area contributed by atoms with Crippen LogP contribution in [-0.2, 0) is 4.74 Å². The van der Waals surface area contributed by atoms with Gasteiger partial charge in [0.25, 0.3) is 0 Å². The number of hydrogen-bond acceptors (Lipinski definition) is 3. The fourth-order valence-corrected chi connectivity index (χ4v) is 1.88. The lowest BCUT2D eigenvalue weighted by Gasteiger charge is -2.09.